The van der Waals surface area contributed by atoms with Gasteiger partial charge in [-0.1, -0.05) is 0 Å². The van der Waals surface area contributed by atoms with Gasteiger partial charge in [-0.2, -0.15) is 0 Å². The largest absolute Gasteiger partial charge is 3.00 e. The van der Waals surface area contributed by atoms with Crippen molar-refractivity contribution >= 4 is 0 Å². The second kappa shape index (κ2) is 30.0. The molecule has 0 unspecified atom stereocenters. The van der Waals surface area contributed by atoms with Gasteiger partial charge in [0, 0.05) is 0 Å². The fourth-order valence-electron chi connectivity index (χ4n) is 0. The maximum Gasteiger partial charge on any atom is 3.00 e. The van der Waals surface area contributed by atoms with Gasteiger partial charge in [-0.3, -0.25) is 0 Å². The van der Waals surface area contributed by atoms with E-state index in [1.165, 1.54) is 0 Å². The minimum atomic E-state index is -1.75. The van der Waals surface area contributed by atoms with E-state index in [0.717, 1.165) is 0 Å². The minimum absolute atomic E-state index is 0. The summed E-state index contributed by atoms with van der Waals surface area (Å²) < 4.78 is 0. The smallest absolute Gasteiger partial charge is 0.356 e. The average Bonchev–Trinajstić information content (AvgIpc) is 1.76. The van der Waals surface area contributed by atoms with Crippen molar-refractivity contribution in [3.63, 3.8) is 0 Å². The Morgan fingerprint density at radius 2 is 0.444 bits per heavy atom. The van der Waals surface area contributed by atoms with Crippen molar-refractivity contribution < 1.29 is 104 Å². The molecule has 0 atom stereocenters. The first-order valence-electron chi connectivity index (χ1n) is 2.19. The van der Waals surface area contributed by atoms with Gasteiger partial charge < -0.3 is 61.3 Å². The first-order chi connectivity index (χ1) is 6.93. The standard InChI is InChI=1S/K.4NO3.Y/c;4*2-1(3)4;/q+1;4*-1;+3. The Kier molecular flexibility index (Phi) is 60.0. The summed E-state index contributed by atoms with van der Waals surface area (Å²) in [5.41, 5.74) is 0. The summed E-state index contributed by atoms with van der Waals surface area (Å²) in [7, 11) is 0. The van der Waals surface area contributed by atoms with E-state index in [9.17, 15) is 0 Å². The predicted molar refractivity (Wildman–Crippen MR) is 41.4 cm³/mol. The molecular weight excluding hydrogens is 376 g/mol. The van der Waals surface area contributed by atoms with Crippen LogP contribution in [-0.4, -0.2) is 20.3 Å². The third kappa shape index (κ3) is 15500. The fourth-order valence-corrected chi connectivity index (χ4v) is 0. The molecule has 0 saturated heterocycles. The van der Waals surface area contributed by atoms with E-state index < -0.39 is 20.3 Å². The topological polar surface area (TPSA) is 265 Å². The summed E-state index contributed by atoms with van der Waals surface area (Å²) in [6, 6.07) is 0. The number of nitrogens with zero attached hydrogens (tertiary/aromatic N) is 4. The van der Waals surface area contributed by atoms with Gasteiger partial charge in [0.2, 0.25) is 0 Å². The quantitative estimate of drug-likeness (QED) is 0.222. The predicted octanol–water partition coefficient (Wildman–Crippen LogP) is -3.95. The second-order valence-corrected chi connectivity index (χ2v) is 0.894. The van der Waals surface area contributed by atoms with Gasteiger partial charge in [0.25, 0.3) is 0 Å². The normalized spacial score (nSPS) is 5.33. The van der Waals surface area contributed by atoms with E-state index in [0.29, 0.717) is 0 Å². The zero-order valence-corrected chi connectivity index (χ0v) is 14.2. The Morgan fingerprint density at radius 3 is 0.444 bits per heavy atom. The maximum absolute atomic E-state index is 8.25. The molecule has 0 aliphatic rings. The van der Waals surface area contributed by atoms with E-state index in [2.05, 4.69) is 0 Å². The van der Waals surface area contributed by atoms with Crippen molar-refractivity contribution in [3.05, 3.63) is 61.3 Å². The minimum Gasteiger partial charge on any atom is -0.356 e. The molecule has 0 aliphatic carbocycles. The fraction of sp³-hybridized carbons (Fsp3) is 0. The van der Waals surface area contributed by atoms with E-state index >= 15 is 0 Å². The van der Waals surface area contributed by atoms with E-state index in [4.69, 9.17) is 61.3 Å². The van der Waals surface area contributed by atoms with Crippen molar-refractivity contribution in [3.8, 4) is 0 Å². The van der Waals surface area contributed by atoms with Crippen molar-refractivity contribution in [1.29, 1.82) is 0 Å². The Labute approximate surface area is 163 Å². The molecule has 18 heteroatoms. The molecule has 0 heterocycles. The molecule has 16 nitrogen and oxygen atoms in total. The van der Waals surface area contributed by atoms with E-state index in [-0.39, 0.29) is 84.1 Å². The summed E-state index contributed by atoms with van der Waals surface area (Å²) in [6.07, 6.45) is 0. The van der Waals surface area contributed by atoms with Crippen LogP contribution in [0.25, 0.3) is 0 Å². The summed E-state index contributed by atoms with van der Waals surface area (Å²) in [4.78, 5) is 33.0. The van der Waals surface area contributed by atoms with Gasteiger partial charge in [-0.15, -0.1) is 0 Å². The molecule has 0 amide bonds. The van der Waals surface area contributed by atoms with Crippen LogP contribution in [0.5, 0.6) is 0 Å². The van der Waals surface area contributed by atoms with Crippen molar-refractivity contribution in [2.45, 2.75) is 0 Å². The number of hydrogen-bond acceptors (Lipinski definition) is 12. The molecular formula is KN4O12Y. The van der Waals surface area contributed by atoms with Gasteiger partial charge in [0.1, 0.15) is 0 Å². The zero-order valence-electron chi connectivity index (χ0n) is 8.27. The molecule has 0 spiro atoms. The van der Waals surface area contributed by atoms with Crippen LogP contribution in [0.3, 0.4) is 0 Å². The third-order valence-corrected chi connectivity index (χ3v) is 0. The molecule has 0 aromatic carbocycles. The Hall–Kier alpha value is -0.460. The van der Waals surface area contributed by atoms with Gasteiger partial charge in [0.05, 0.1) is 20.3 Å². The first-order valence-corrected chi connectivity index (χ1v) is 2.19. The van der Waals surface area contributed by atoms with Crippen LogP contribution in [0.1, 0.15) is 0 Å². The molecule has 0 saturated carbocycles. The molecule has 18 heavy (non-hydrogen) atoms. The Balaban J connectivity index is -0.0000000257. The number of rotatable bonds is 0. The number of hydrogen-bond donors (Lipinski definition) is 0. The molecule has 0 aliphatic heterocycles. The maximum atomic E-state index is 8.25. The Morgan fingerprint density at radius 1 is 0.444 bits per heavy atom. The zero-order chi connectivity index (χ0) is 14.3. The third-order valence-electron chi connectivity index (χ3n) is 0. The van der Waals surface area contributed by atoms with Crippen LogP contribution in [0, 0.1) is 61.3 Å². The molecule has 0 N–H and O–H groups in total. The van der Waals surface area contributed by atoms with Gasteiger partial charge >= 0.3 is 84.1 Å². The van der Waals surface area contributed by atoms with Crippen molar-refractivity contribution in [2.75, 3.05) is 0 Å². The molecule has 0 rings (SSSR count). The van der Waals surface area contributed by atoms with Gasteiger partial charge in [-0.05, 0) is 0 Å². The van der Waals surface area contributed by atoms with E-state index in [1.54, 1.807) is 0 Å². The van der Waals surface area contributed by atoms with E-state index in [1.807, 2.05) is 0 Å². The first kappa shape index (κ1) is 36.0. The SMILES string of the molecule is O=[N+]([O-])[O-].O=[N+]([O-])[O-].O=[N+]([O-])[O-].O=[N+]([O-])[O-].[K+].[Y+3]. The van der Waals surface area contributed by atoms with Crippen molar-refractivity contribution in [1.82, 2.24) is 0 Å². The molecule has 96 valence electrons. The molecule has 0 bridgehead atoms. The summed E-state index contributed by atoms with van der Waals surface area (Å²) in [5.74, 6) is 0. The Bertz CT molecular complexity index is 164. The summed E-state index contributed by atoms with van der Waals surface area (Å²) in [6.45, 7) is 0. The monoisotopic (exact) mass is 376 g/mol. The van der Waals surface area contributed by atoms with Crippen LogP contribution in [0.15, 0.2) is 0 Å². The second-order valence-electron chi connectivity index (χ2n) is 0.894. The summed E-state index contributed by atoms with van der Waals surface area (Å²) in [5, 5.41) is 59.0. The molecule has 0 radical (unpaired) electrons. The van der Waals surface area contributed by atoms with Crippen LogP contribution in [0.2, 0.25) is 0 Å². The van der Waals surface area contributed by atoms with Crippen LogP contribution in [-0.2, 0) is 32.7 Å². The average molecular weight is 376 g/mol. The van der Waals surface area contributed by atoms with Crippen LogP contribution in [0.4, 0.5) is 0 Å². The molecule has 0 fully saturated rings. The van der Waals surface area contributed by atoms with Gasteiger partial charge in [-0.25, -0.2) is 0 Å². The summed E-state index contributed by atoms with van der Waals surface area (Å²) >= 11 is 0. The molecule has 0 aromatic heterocycles. The van der Waals surface area contributed by atoms with Crippen LogP contribution < -0.4 is 51.4 Å². The van der Waals surface area contributed by atoms with Crippen LogP contribution >= 0.6 is 0 Å². The van der Waals surface area contributed by atoms with Gasteiger partial charge in [0.15, 0.2) is 0 Å². The van der Waals surface area contributed by atoms with Crippen molar-refractivity contribution in [2.24, 2.45) is 0 Å². The molecule has 0 aromatic rings.